The number of ether oxygens (including phenoxy) is 2. The Morgan fingerprint density at radius 1 is 1.16 bits per heavy atom. The van der Waals surface area contributed by atoms with E-state index in [-0.39, 0.29) is 5.91 Å². The fourth-order valence-electron chi connectivity index (χ4n) is 2.67. The zero-order chi connectivity index (χ0) is 17.8. The molecule has 1 amide bonds. The van der Waals surface area contributed by atoms with Gasteiger partial charge in [-0.05, 0) is 48.4 Å². The molecule has 0 saturated heterocycles. The predicted octanol–water partition coefficient (Wildman–Crippen LogP) is 3.72. The molecule has 3 rings (SSSR count). The smallest absolute Gasteiger partial charge is 0.224 e. The molecular formula is C19H20N2O4. The van der Waals surface area contributed by atoms with Gasteiger partial charge in [0.2, 0.25) is 5.91 Å². The van der Waals surface area contributed by atoms with Gasteiger partial charge in [0.25, 0.3) is 0 Å². The number of fused-ring (bicyclic) bond motifs is 1. The van der Waals surface area contributed by atoms with Crippen LogP contribution in [0.4, 0.5) is 5.69 Å². The van der Waals surface area contributed by atoms with Crippen molar-refractivity contribution in [1.29, 1.82) is 0 Å². The van der Waals surface area contributed by atoms with Gasteiger partial charge in [0.15, 0.2) is 11.5 Å². The summed E-state index contributed by atoms with van der Waals surface area (Å²) in [5.41, 5.74) is 3.06. The Morgan fingerprint density at radius 3 is 2.76 bits per heavy atom. The zero-order valence-corrected chi connectivity index (χ0v) is 14.5. The number of amides is 1. The van der Waals surface area contributed by atoms with Crippen LogP contribution in [0, 0.1) is 6.92 Å². The summed E-state index contributed by atoms with van der Waals surface area (Å²) in [6.45, 7) is 1.79. The van der Waals surface area contributed by atoms with E-state index in [1.54, 1.807) is 39.3 Å². The van der Waals surface area contributed by atoms with Crippen LogP contribution in [0.1, 0.15) is 17.9 Å². The molecule has 1 N–H and O–H groups in total. The number of rotatable bonds is 6. The van der Waals surface area contributed by atoms with Crippen molar-refractivity contribution in [2.75, 3.05) is 19.5 Å². The summed E-state index contributed by atoms with van der Waals surface area (Å²) in [6, 6.07) is 11.0. The second-order valence-electron chi connectivity index (χ2n) is 5.64. The number of hydrogen-bond acceptors (Lipinski definition) is 5. The first-order chi connectivity index (χ1) is 12.1. The second-order valence-corrected chi connectivity index (χ2v) is 5.64. The molecular weight excluding hydrogens is 320 g/mol. The van der Waals surface area contributed by atoms with E-state index < -0.39 is 0 Å². The predicted molar refractivity (Wildman–Crippen MR) is 95.2 cm³/mol. The normalized spacial score (nSPS) is 10.7. The highest BCUT2D eigenvalue weighted by atomic mass is 16.5. The third-order valence-corrected chi connectivity index (χ3v) is 3.89. The molecule has 0 spiro atoms. The van der Waals surface area contributed by atoms with Crippen LogP contribution >= 0.6 is 0 Å². The summed E-state index contributed by atoms with van der Waals surface area (Å²) >= 11 is 0. The number of carbonyl (C=O) groups excluding carboxylic acids is 1. The van der Waals surface area contributed by atoms with Crippen molar-refractivity contribution in [2.24, 2.45) is 0 Å². The maximum absolute atomic E-state index is 12.3. The van der Waals surface area contributed by atoms with E-state index in [9.17, 15) is 4.79 Å². The van der Waals surface area contributed by atoms with Crippen molar-refractivity contribution in [3.8, 4) is 11.5 Å². The number of anilines is 1. The minimum atomic E-state index is -0.0792. The molecule has 6 heteroatoms. The lowest BCUT2D eigenvalue weighted by molar-refractivity contribution is -0.116. The van der Waals surface area contributed by atoms with Gasteiger partial charge in [-0.15, -0.1) is 0 Å². The average Bonchev–Trinajstić information content (AvgIpc) is 2.99. The average molecular weight is 340 g/mol. The molecule has 0 aliphatic heterocycles. The number of benzene rings is 2. The first-order valence-electron chi connectivity index (χ1n) is 7.97. The standard InChI is InChI=1S/C19H20N2O4/c1-12-20-16-11-14(5-7-18(16)25-12)21-19(22)9-4-13-10-15(23-2)6-8-17(13)24-3/h5-8,10-11H,4,9H2,1-3H3,(H,21,22). The molecule has 0 radical (unpaired) electrons. The van der Waals surface area contributed by atoms with E-state index in [4.69, 9.17) is 13.9 Å². The van der Waals surface area contributed by atoms with Crippen LogP contribution in [0.2, 0.25) is 0 Å². The Labute approximate surface area is 145 Å². The van der Waals surface area contributed by atoms with E-state index in [1.807, 2.05) is 18.2 Å². The van der Waals surface area contributed by atoms with Crippen LogP contribution in [-0.4, -0.2) is 25.1 Å². The number of methoxy groups -OCH3 is 2. The highest BCUT2D eigenvalue weighted by Gasteiger charge is 2.10. The quantitative estimate of drug-likeness (QED) is 0.740. The first kappa shape index (κ1) is 16.8. The molecule has 3 aromatic rings. The van der Waals surface area contributed by atoms with Crippen molar-refractivity contribution in [1.82, 2.24) is 4.98 Å². The molecule has 0 bridgehead atoms. The van der Waals surface area contributed by atoms with Crippen molar-refractivity contribution in [2.45, 2.75) is 19.8 Å². The minimum Gasteiger partial charge on any atom is -0.497 e. The van der Waals surface area contributed by atoms with E-state index in [2.05, 4.69) is 10.3 Å². The van der Waals surface area contributed by atoms with Gasteiger partial charge in [-0.25, -0.2) is 4.98 Å². The molecule has 0 saturated carbocycles. The van der Waals surface area contributed by atoms with Gasteiger partial charge in [0.05, 0.1) is 14.2 Å². The zero-order valence-electron chi connectivity index (χ0n) is 14.5. The molecule has 2 aromatic carbocycles. The summed E-state index contributed by atoms with van der Waals surface area (Å²) in [6.07, 6.45) is 0.886. The Bertz CT molecular complexity index is 902. The summed E-state index contributed by atoms with van der Waals surface area (Å²) in [4.78, 5) is 16.5. The van der Waals surface area contributed by atoms with Crippen LogP contribution in [0.25, 0.3) is 11.1 Å². The maximum atomic E-state index is 12.3. The third-order valence-electron chi connectivity index (χ3n) is 3.89. The lowest BCUT2D eigenvalue weighted by Gasteiger charge is -2.10. The van der Waals surface area contributed by atoms with Crippen LogP contribution in [0.5, 0.6) is 11.5 Å². The second kappa shape index (κ2) is 7.25. The van der Waals surface area contributed by atoms with Gasteiger partial charge >= 0.3 is 0 Å². The number of nitrogens with zero attached hydrogens (tertiary/aromatic N) is 1. The van der Waals surface area contributed by atoms with Crippen molar-refractivity contribution < 1.29 is 18.7 Å². The number of aromatic nitrogens is 1. The maximum Gasteiger partial charge on any atom is 0.224 e. The van der Waals surface area contributed by atoms with Crippen LogP contribution in [0.3, 0.4) is 0 Å². The van der Waals surface area contributed by atoms with E-state index >= 15 is 0 Å². The molecule has 0 aliphatic rings. The Hall–Kier alpha value is -3.02. The summed E-state index contributed by atoms with van der Waals surface area (Å²) in [5.74, 6) is 2.00. The van der Waals surface area contributed by atoms with E-state index in [0.29, 0.717) is 30.0 Å². The Balaban J connectivity index is 1.66. The number of aryl methyl sites for hydroxylation is 2. The SMILES string of the molecule is COc1ccc(OC)c(CCC(=O)Nc2ccc3oc(C)nc3c2)c1. The van der Waals surface area contributed by atoms with Gasteiger partial charge in [-0.2, -0.15) is 0 Å². The van der Waals surface area contributed by atoms with Crippen molar-refractivity contribution in [3.05, 3.63) is 47.9 Å². The van der Waals surface area contributed by atoms with Gasteiger partial charge < -0.3 is 19.2 Å². The van der Waals surface area contributed by atoms with E-state index in [1.165, 1.54) is 0 Å². The molecule has 0 aliphatic carbocycles. The highest BCUT2D eigenvalue weighted by molar-refractivity contribution is 5.92. The largest absolute Gasteiger partial charge is 0.497 e. The minimum absolute atomic E-state index is 0.0792. The first-order valence-corrected chi connectivity index (χ1v) is 7.97. The molecule has 25 heavy (non-hydrogen) atoms. The van der Waals surface area contributed by atoms with Gasteiger partial charge in [-0.1, -0.05) is 0 Å². The molecule has 0 unspecified atom stereocenters. The van der Waals surface area contributed by atoms with Crippen LogP contribution < -0.4 is 14.8 Å². The topological polar surface area (TPSA) is 73.6 Å². The molecule has 6 nitrogen and oxygen atoms in total. The molecule has 0 atom stereocenters. The van der Waals surface area contributed by atoms with Gasteiger partial charge in [-0.3, -0.25) is 4.79 Å². The number of carbonyl (C=O) groups is 1. The van der Waals surface area contributed by atoms with Gasteiger partial charge in [0, 0.05) is 19.0 Å². The van der Waals surface area contributed by atoms with Gasteiger partial charge in [0.1, 0.15) is 17.0 Å². The summed E-state index contributed by atoms with van der Waals surface area (Å²) in [7, 11) is 3.22. The Kier molecular flexibility index (Phi) is 4.88. The number of hydrogen-bond donors (Lipinski definition) is 1. The molecule has 0 fully saturated rings. The van der Waals surface area contributed by atoms with E-state index in [0.717, 1.165) is 22.6 Å². The highest BCUT2D eigenvalue weighted by Crippen LogP contribution is 2.25. The lowest BCUT2D eigenvalue weighted by Crippen LogP contribution is -2.12. The summed E-state index contributed by atoms with van der Waals surface area (Å²) < 4.78 is 16.0. The molecule has 1 heterocycles. The fourth-order valence-corrected chi connectivity index (χ4v) is 2.67. The number of nitrogens with one attached hydrogen (secondary N) is 1. The van der Waals surface area contributed by atoms with Crippen LogP contribution in [-0.2, 0) is 11.2 Å². The van der Waals surface area contributed by atoms with Crippen LogP contribution in [0.15, 0.2) is 40.8 Å². The van der Waals surface area contributed by atoms with Crippen molar-refractivity contribution in [3.63, 3.8) is 0 Å². The molecule has 130 valence electrons. The van der Waals surface area contributed by atoms with Crippen molar-refractivity contribution >= 4 is 22.7 Å². The summed E-state index contributed by atoms with van der Waals surface area (Å²) in [5, 5.41) is 2.89. The third kappa shape index (κ3) is 3.91. The monoisotopic (exact) mass is 340 g/mol. The fraction of sp³-hybridized carbons (Fsp3) is 0.263. The molecule has 1 aromatic heterocycles. The lowest BCUT2D eigenvalue weighted by atomic mass is 10.1. The number of oxazole rings is 1. The Morgan fingerprint density at radius 2 is 2.00 bits per heavy atom.